The molecule has 4 aliphatic carbocycles. The average molecular weight is 1220 g/mol. The van der Waals surface area contributed by atoms with Gasteiger partial charge in [0.2, 0.25) is 0 Å². The first-order valence-corrected chi connectivity index (χ1v) is 35.1. The van der Waals surface area contributed by atoms with Gasteiger partial charge < -0.3 is 9.13 Å². The Morgan fingerprint density at radius 3 is 1.06 bits per heavy atom. The van der Waals surface area contributed by atoms with Crippen molar-refractivity contribution in [3.05, 3.63) is 299 Å². The predicted octanol–water partition coefficient (Wildman–Crippen LogP) is 26.6. The van der Waals surface area contributed by atoms with Crippen LogP contribution in [0.2, 0.25) is 0 Å². The van der Waals surface area contributed by atoms with Gasteiger partial charge in [-0.15, -0.1) is 0 Å². The van der Waals surface area contributed by atoms with Gasteiger partial charge >= 0.3 is 0 Å². The summed E-state index contributed by atoms with van der Waals surface area (Å²) in [4.78, 5) is 0. The molecule has 14 aromatic carbocycles. The molecule has 0 unspecified atom stereocenters. The summed E-state index contributed by atoms with van der Waals surface area (Å²) in [5.74, 6) is 0. The van der Waals surface area contributed by atoms with Crippen molar-refractivity contribution in [1.82, 2.24) is 9.13 Å². The Hall–Kier alpha value is -10.3. The topological polar surface area (TPSA) is 9.86 Å². The fourth-order valence-corrected chi connectivity index (χ4v) is 15.9. The quantitative estimate of drug-likeness (QED) is 0.163. The largest absolute Gasteiger partial charge is 0.309 e. The molecule has 94 heavy (non-hydrogen) atoms. The lowest BCUT2D eigenvalue weighted by molar-refractivity contribution is 1.12. The molecule has 0 spiro atoms. The molecule has 0 fully saturated rings. The van der Waals surface area contributed by atoms with Crippen molar-refractivity contribution in [2.45, 2.75) is 109 Å². The van der Waals surface area contributed by atoms with Gasteiger partial charge in [0.05, 0.1) is 22.1 Å². The van der Waals surface area contributed by atoms with E-state index in [2.05, 4.69) is 264 Å². The monoisotopic (exact) mass is 1220 g/mol. The van der Waals surface area contributed by atoms with Crippen molar-refractivity contribution in [1.29, 1.82) is 0 Å². The first-order chi connectivity index (χ1) is 46.7. The second-order valence-corrected chi connectivity index (χ2v) is 23.3. The molecule has 2 nitrogen and oxygen atoms in total. The van der Waals surface area contributed by atoms with Crippen LogP contribution >= 0.6 is 0 Å². The lowest BCUT2D eigenvalue weighted by atomic mass is 9.83. The van der Waals surface area contributed by atoms with E-state index >= 15 is 0 Å². The smallest absolute Gasteiger partial charge is 0.0589 e. The third-order valence-electron chi connectivity index (χ3n) is 19.2. The van der Waals surface area contributed by atoms with Gasteiger partial charge in [-0.25, -0.2) is 0 Å². The molecule has 2 aromatic heterocycles. The Balaban J connectivity index is 0.000000148. The minimum absolute atomic E-state index is 0.959. The van der Waals surface area contributed by atoms with Crippen LogP contribution in [-0.4, -0.2) is 9.13 Å². The van der Waals surface area contributed by atoms with E-state index in [1.54, 1.807) is 0 Å². The summed E-state index contributed by atoms with van der Waals surface area (Å²) in [6, 6.07) is 95.3. The summed E-state index contributed by atoms with van der Waals surface area (Å²) in [7, 11) is 0. The first-order valence-electron chi connectivity index (χ1n) is 35.1. The molecule has 0 radical (unpaired) electrons. The van der Waals surface area contributed by atoms with Crippen molar-refractivity contribution < 1.29 is 0 Å². The highest BCUT2D eigenvalue weighted by molar-refractivity contribution is 6.28. The third-order valence-corrected chi connectivity index (χ3v) is 19.2. The van der Waals surface area contributed by atoms with E-state index in [0.29, 0.717) is 0 Å². The highest BCUT2D eigenvalue weighted by Crippen LogP contribution is 2.52. The normalized spacial score (nSPS) is 11.9. The molecule has 4 aliphatic rings. The molecular weight excluding hydrogens is 1130 g/mol. The molecule has 0 saturated heterocycles. The van der Waals surface area contributed by atoms with Crippen LogP contribution in [0.25, 0.3) is 143 Å². The molecule has 0 atom stereocenters. The van der Waals surface area contributed by atoms with E-state index in [4.69, 9.17) is 0 Å². The van der Waals surface area contributed by atoms with Gasteiger partial charge in [-0.3, -0.25) is 0 Å². The zero-order valence-corrected chi connectivity index (χ0v) is 57.0. The highest BCUT2D eigenvalue weighted by atomic mass is 15.0. The van der Waals surface area contributed by atoms with E-state index in [1.807, 2.05) is 83.1 Å². The Kier molecular flexibility index (Phi) is 17.8. The summed E-state index contributed by atoms with van der Waals surface area (Å²) < 4.78 is 5.12. The third kappa shape index (κ3) is 9.75. The number of benzene rings is 14. The van der Waals surface area contributed by atoms with Gasteiger partial charge in [0.25, 0.3) is 0 Å². The van der Waals surface area contributed by atoms with Crippen LogP contribution in [0, 0.1) is 0 Å². The van der Waals surface area contributed by atoms with Crippen molar-refractivity contribution in [2.24, 2.45) is 0 Å². The molecule has 2 heterocycles. The Bertz CT molecular complexity index is 5520. The SMILES string of the molecule is CC.CC.CC.CC.CC.CC.c1ccc2c(c1)Cc1c-2c2ccccc2c2c3ccccc3n(-c3ccc4c(c3)-c3cccc5cccc(c35)C4)c12.c1ccc2c(c1)Cc1c-2c2ccccc2c2c3ccccc3n(-c3ccc4c(c3)Cc3cccc5cccc-4c35)c12. The van der Waals surface area contributed by atoms with E-state index in [-0.39, 0.29) is 0 Å². The summed E-state index contributed by atoms with van der Waals surface area (Å²) >= 11 is 0. The van der Waals surface area contributed by atoms with Gasteiger partial charge in [-0.05, 0) is 181 Å². The zero-order chi connectivity index (χ0) is 65.3. The number of hydrogen-bond donors (Lipinski definition) is 0. The number of rotatable bonds is 2. The van der Waals surface area contributed by atoms with E-state index < -0.39 is 0 Å². The molecule has 20 rings (SSSR count). The van der Waals surface area contributed by atoms with Crippen LogP contribution in [0.4, 0.5) is 0 Å². The first kappa shape index (κ1) is 62.5. The van der Waals surface area contributed by atoms with Crippen molar-refractivity contribution >= 4 is 86.7 Å². The van der Waals surface area contributed by atoms with Gasteiger partial charge in [0, 0.05) is 45.8 Å². The van der Waals surface area contributed by atoms with E-state index in [0.717, 1.165) is 25.7 Å². The molecule has 0 amide bonds. The van der Waals surface area contributed by atoms with Crippen LogP contribution in [0.3, 0.4) is 0 Å². The van der Waals surface area contributed by atoms with Crippen molar-refractivity contribution in [3.8, 4) is 55.9 Å². The van der Waals surface area contributed by atoms with Gasteiger partial charge in [-0.1, -0.05) is 301 Å². The standard InChI is InChI=1S/2C40H25N.6C2H6/c1-2-13-30-25(9-1)23-35-38(30)32-14-3-4-15-33(32)39-34-16-5-6-18-36(34)41(40(35)39)28-19-20-29-27(22-28)21-26-12-7-10-24-11-8-17-31(29)37(24)26;1-2-13-29-25(9-1)22-35-38(29)30-14-3-4-15-31(30)39-33-16-5-6-18-36(33)41(40(35)39)28-20-19-26-21-27-12-7-10-24-11-8-17-32(37(24)27)34(26)23-28;6*1-2/h1-20,22H,21,23H2;1-20,23H,21-22H2;6*1-2H3. The maximum absolute atomic E-state index is 2.56. The van der Waals surface area contributed by atoms with Crippen molar-refractivity contribution in [3.63, 3.8) is 0 Å². The second-order valence-electron chi connectivity index (χ2n) is 23.3. The molecule has 0 bridgehead atoms. The molecule has 0 saturated carbocycles. The van der Waals surface area contributed by atoms with Gasteiger partial charge in [0.1, 0.15) is 0 Å². The molecule has 464 valence electrons. The summed E-state index contributed by atoms with van der Waals surface area (Å²) in [5, 5.41) is 16.3. The molecule has 2 heteroatoms. The molecule has 0 aliphatic heterocycles. The summed E-state index contributed by atoms with van der Waals surface area (Å²) in [6.07, 6.45) is 3.86. The number of fused-ring (bicyclic) bond motifs is 24. The van der Waals surface area contributed by atoms with Crippen LogP contribution in [0.15, 0.2) is 255 Å². The maximum Gasteiger partial charge on any atom is 0.0589 e. The minimum Gasteiger partial charge on any atom is -0.309 e. The van der Waals surface area contributed by atoms with Crippen LogP contribution in [-0.2, 0) is 25.7 Å². The summed E-state index contributed by atoms with van der Waals surface area (Å²) in [6.45, 7) is 24.0. The molecular formula is C92H86N2. The number of hydrogen-bond acceptors (Lipinski definition) is 0. The van der Waals surface area contributed by atoms with E-state index in [1.165, 1.54) is 187 Å². The highest BCUT2D eigenvalue weighted by Gasteiger charge is 2.31. The van der Waals surface area contributed by atoms with Crippen LogP contribution in [0.5, 0.6) is 0 Å². The molecule has 16 aromatic rings. The molecule has 0 N–H and O–H groups in total. The Morgan fingerprint density at radius 1 is 0.223 bits per heavy atom. The van der Waals surface area contributed by atoms with Crippen LogP contribution in [0.1, 0.15) is 128 Å². The Morgan fingerprint density at radius 2 is 0.574 bits per heavy atom. The Labute approximate surface area is 556 Å². The minimum atomic E-state index is 0.959. The zero-order valence-electron chi connectivity index (χ0n) is 57.0. The fraction of sp³-hybridized carbons (Fsp3) is 0.174. The van der Waals surface area contributed by atoms with Gasteiger partial charge in [-0.2, -0.15) is 0 Å². The van der Waals surface area contributed by atoms with Crippen molar-refractivity contribution in [2.75, 3.05) is 0 Å². The van der Waals surface area contributed by atoms with Crippen LogP contribution < -0.4 is 0 Å². The van der Waals surface area contributed by atoms with Gasteiger partial charge in [0.15, 0.2) is 0 Å². The number of aromatic nitrogens is 2. The predicted molar refractivity (Wildman–Crippen MR) is 413 cm³/mol. The maximum atomic E-state index is 2.56. The second kappa shape index (κ2) is 26.7. The lowest BCUT2D eigenvalue weighted by Crippen LogP contribution is -2.04. The fourth-order valence-electron chi connectivity index (χ4n) is 15.9. The van der Waals surface area contributed by atoms with E-state index in [9.17, 15) is 0 Å². The number of nitrogens with zero attached hydrogens (tertiary/aromatic N) is 2. The average Bonchev–Trinajstić information content (AvgIpc) is 1.53. The lowest BCUT2D eigenvalue weighted by Gasteiger charge is -2.22. The summed E-state index contributed by atoms with van der Waals surface area (Å²) in [5.41, 5.74) is 30.1. The number of para-hydroxylation sites is 2.